The molecule has 0 fully saturated rings. The third-order valence-electron chi connectivity index (χ3n) is 1.66. The number of amides is 1. The van der Waals surface area contributed by atoms with Crippen LogP contribution in [-0.4, -0.2) is 31.5 Å². The van der Waals surface area contributed by atoms with E-state index in [0.29, 0.717) is 11.4 Å². The van der Waals surface area contributed by atoms with Gasteiger partial charge in [-0.3, -0.25) is 5.32 Å². The van der Waals surface area contributed by atoms with Crippen molar-refractivity contribution in [2.45, 2.75) is 0 Å². The fourth-order valence-corrected chi connectivity index (χ4v) is 0.967. The summed E-state index contributed by atoms with van der Waals surface area (Å²) in [6.45, 7) is -0.196. The number of methoxy groups -OCH3 is 1. The number of anilines is 1. The van der Waals surface area contributed by atoms with Crippen LogP contribution in [0.2, 0.25) is 0 Å². The highest BCUT2D eigenvalue weighted by Gasteiger charge is 2.01. The number of hydrogen-bond donors (Lipinski definition) is 2. The van der Waals surface area contributed by atoms with E-state index in [1.165, 1.54) is 0 Å². The van der Waals surface area contributed by atoms with E-state index >= 15 is 0 Å². The molecule has 82 valence electrons. The molecular weight excluding hydrogens is 198 g/mol. The molecule has 1 aromatic rings. The number of aliphatic hydroxyl groups excluding tert-OH is 1. The van der Waals surface area contributed by atoms with Crippen LogP contribution >= 0.6 is 0 Å². The minimum absolute atomic E-state index is 0.0119. The summed E-state index contributed by atoms with van der Waals surface area (Å²) in [5.41, 5.74) is 0.610. The van der Waals surface area contributed by atoms with Gasteiger partial charge in [0.05, 0.1) is 13.7 Å². The first-order valence-electron chi connectivity index (χ1n) is 4.45. The molecule has 5 nitrogen and oxygen atoms in total. The van der Waals surface area contributed by atoms with Crippen molar-refractivity contribution in [3.05, 3.63) is 24.3 Å². The largest absolute Gasteiger partial charge is 0.497 e. The lowest BCUT2D eigenvalue weighted by molar-refractivity contribution is 0.131. The van der Waals surface area contributed by atoms with Crippen LogP contribution in [0.25, 0.3) is 0 Å². The number of carbonyl (C=O) groups excluding carboxylic acids is 1. The Labute approximate surface area is 87.6 Å². The van der Waals surface area contributed by atoms with Gasteiger partial charge in [0.25, 0.3) is 0 Å². The van der Waals surface area contributed by atoms with Gasteiger partial charge in [0, 0.05) is 5.69 Å². The summed E-state index contributed by atoms with van der Waals surface area (Å²) in [5.74, 6) is 0.712. The second-order valence-electron chi connectivity index (χ2n) is 2.71. The van der Waals surface area contributed by atoms with Crippen molar-refractivity contribution < 1.29 is 19.4 Å². The molecular formula is C10H13NO4. The quantitative estimate of drug-likeness (QED) is 0.786. The summed E-state index contributed by atoms with van der Waals surface area (Å²) in [6.07, 6.45) is -0.589. The molecule has 0 aromatic heterocycles. The van der Waals surface area contributed by atoms with Crippen LogP contribution in [0.15, 0.2) is 24.3 Å². The van der Waals surface area contributed by atoms with Gasteiger partial charge in [-0.25, -0.2) is 4.79 Å². The summed E-state index contributed by atoms with van der Waals surface area (Å²) >= 11 is 0. The van der Waals surface area contributed by atoms with Crippen LogP contribution in [0.5, 0.6) is 5.75 Å². The fourth-order valence-electron chi connectivity index (χ4n) is 0.967. The van der Waals surface area contributed by atoms with Gasteiger partial charge in [0.2, 0.25) is 0 Å². The van der Waals surface area contributed by atoms with E-state index in [0.717, 1.165) is 0 Å². The number of aliphatic hydroxyl groups is 1. The molecule has 1 rings (SSSR count). The average Bonchev–Trinajstić information content (AvgIpc) is 2.27. The van der Waals surface area contributed by atoms with Crippen molar-refractivity contribution in [1.29, 1.82) is 0 Å². The van der Waals surface area contributed by atoms with Crippen LogP contribution in [0.4, 0.5) is 10.5 Å². The summed E-state index contributed by atoms with van der Waals surface area (Å²) in [6, 6.07) is 6.83. The zero-order valence-corrected chi connectivity index (χ0v) is 8.40. The third-order valence-corrected chi connectivity index (χ3v) is 1.66. The van der Waals surface area contributed by atoms with Crippen LogP contribution in [0.1, 0.15) is 0 Å². The van der Waals surface area contributed by atoms with Gasteiger partial charge in [-0.15, -0.1) is 0 Å². The summed E-state index contributed by atoms with van der Waals surface area (Å²) in [7, 11) is 1.57. The van der Waals surface area contributed by atoms with Crippen molar-refractivity contribution in [3.8, 4) is 5.75 Å². The maximum atomic E-state index is 11.1. The second-order valence-corrected chi connectivity index (χ2v) is 2.71. The molecule has 0 saturated carbocycles. The lowest BCUT2D eigenvalue weighted by atomic mass is 10.3. The molecule has 0 aliphatic carbocycles. The molecule has 0 saturated heterocycles. The lowest BCUT2D eigenvalue weighted by Crippen LogP contribution is -2.15. The molecule has 0 unspecified atom stereocenters. The van der Waals surface area contributed by atoms with Gasteiger partial charge < -0.3 is 14.6 Å². The van der Waals surface area contributed by atoms with Crippen LogP contribution in [0.3, 0.4) is 0 Å². The zero-order valence-electron chi connectivity index (χ0n) is 8.40. The topological polar surface area (TPSA) is 67.8 Å². The van der Waals surface area contributed by atoms with E-state index in [9.17, 15) is 4.79 Å². The first kappa shape index (κ1) is 11.3. The Hall–Kier alpha value is -1.75. The van der Waals surface area contributed by atoms with Gasteiger partial charge in [-0.05, 0) is 24.3 Å². The Morgan fingerprint density at radius 3 is 2.60 bits per heavy atom. The first-order valence-corrected chi connectivity index (χ1v) is 4.45. The SMILES string of the molecule is COc1ccc(NC(=O)OCCO)cc1. The van der Waals surface area contributed by atoms with Gasteiger partial charge in [0.1, 0.15) is 12.4 Å². The normalized spacial score (nSPS) is 9.47. The smallest absolute Gasteiger partial charge is 0.411 e. The molecule has 0 bridgehead atoms. The molecule has 0 heterocycles. The second kappa shape index (κ2) is 5.87. The van der Waals surface area contributed by atoms with Crippen molar-refractivity contribution in [1.82, 2.24) is 0 Å². The van der Waals surface area contributed by atoms with E-state index < -0.39 is 6.09 Å². The highest BCUT2D eigenvalue weighted by atomic mass is 16.6. The number of hydrogen-bond acceptors (Lipinski definition) is 4. The monoisotopic (exact) mass is 211 g/mol. The maximum Gasteiger partial charge on any atom is 0.411 e. The van der Waals surface area contributed by atoms with E-state index in [4.69, 9.17) is 9.84 Å². The summed E-state index contributed by atoms with van der Waals surface area (Å²) < 4.78 is 9.58. The lowest BCUT2D eigenvalue weighted by Gasteiger charge is -2.06. The minimum Gasteiger partial charge on any atom is -0.497 e. The third kappa shape index (κ3) is 3.86. The summed E-state index contributed by atoms with van der Waals surface area (Å²) in [5, 5.41) is 10.9. The van der Waals surface area contributed by atoms with Gasteiger partial charge in [0.15, 0.2) is 0 Å². The summed E-state index contributed by atoms with van der Waals surface area (Å²) in [4.78, 5) is 11.1. The number of benzene rings is 1. The van der Waals surface area contributed by atoms with Crippen LogP contribution in [0, 0.1) is 0 Å². The Bertz CT molecular complexity index is 310. The standard InChI is InChI=1S/C10H13NO4/c1-14-9-4-2-8(3-5-9)11-10(13)15-7-6-12/h2-5,12H,6-7H2,1H3,(H,11,13). The van der Waals surface area contributed by atoms with Gasteiger partial charge >= 0.3 is 6.09 Å². The van der Waals surface area contributed by atoms with Crippen LogP contribution < -0.4 is 10.1 Å². The van der Waals surface area contributed by atoms with Gasteiger partial charge in [-0.2, -0.15) is 0 Å². The molecule has 0 radical (unpaired) electrons. The highest BCUT2D eigenvalue weighted by Crippen LogP contribution is 2.14. The van der Waals surface area contributed by atoms with E-state index in [1.807, 2.05) is 0 Å². The first-order chi connectivity index (χ1) is 7.26. The van der Waals surface area contributed by atoms with Crippen LogP contribution in [-0.2, 0) is 4.74 Å². The Kier molecular flexibility index (Phi) is 4.43. The fraction of sp³-hybridized carbons (Fsp3) is 0.300. The molecule has 0 aliphatic rings. The van der Waals surface area contributed by atoms with E-state index in [-0.39, 0.29) is 13.2 Å². The Morgan fingerprint density at radius 2 is 2.07 bits per heavy atom. The highest BCUT2D eigenvalue weighted by molar-refractivity contribution is 5.84. The Balaban J connectivity index is 2.46. The Morgan fingerprint density at radius 1 is 1.40 bits per heavy atom. The van der Waals surface area contributed by atoms with E-state index in [1.54, 1.807) is 31.4 Å². The zero-order chi connectivity index (χ0) is 11.1. The molecule has 2 N–H and O–H groups in total. The number of rotatable bonds is 4. The number of carbonyl (C=O) groups is 1. The molecule has 5 heteroatoms. The van der Waals surface area contributed by atoms with E-state index in [2.05, 4.69) is 10.1 Å². The van der Waals surface area contributed by atoms with Crippen molar-refractivity contribution in [2.24, 2.45) is 0 Å². The van der Waals surface area contributed by atoms with Crippen molar-refractivity contribution >= 4 is 11.8 Å². The number of nitrogens with one attached hydrogen (secondary N) is 1. The maximum absolute atomic E-state index is 11.1. The molecule has 0 spiro atoms. The average molecular weight is 211 g/mol. The predicted molar refractivity (Wildman–Crippen MR) is 55.1 cm³/mol. The van der Waals surface area contributed by atoms with Gasteiger partial charge in [-0.1, -0.05) is 0 Å². The molecule has 1 amide bonds. The minimum atomic E-state index is -0.589. The molecule has 0 atom stereocenters. The molecule has 1 aromatic carbocycles. The van der Waals surface area contributed by atoms with Crippen molar-refractivity contribution in [2.75, 3.05) is 25.6 Å². The molecule has 0 aliphatic heterocycles. The van der Waals surface area contributed by atoms with Crippen molar-refractivity contribution in [3.63, 3.8) is 0 Å². The predicted octanol–water partition coefficient (Wildman–Crippen LogP) is 1.24. The molecule has 15 heavy (non-hydrogen) atoms. The number of ether oxygens (including phenoxy) is 2.